The van der Waals surface area contributed by atoms with Crippen LogP contribution in [-0.4, -0.2) is 45.1 Å². The lowest BCUT2D eigenvalue weighted by Gasteiger charge is -2.13. The summed E-state index contributed by atoms with van der Waals surface area (Å²) in [6, 6.07) is 4.01. The Bertz CT molecular complexity index is 402. The van der Waals surface area contributed by atoms with E-state index in [0.29, 0.717) is 13.2 Å². The minimum atomic E-state index is 0.170. The van der Waals surface area contributed by atoms with Crippen LogP contribution in [0, 0.1) is 0 Å². The third-order valence-electron chi connectivity index (χ3n) is 2.67. The van der Waals surface area contributed by atoms with Crippen molar-refractivity contribution in [2.24, 2.45) is 0 Å². The van der Waals surface area contributed by atoms with Crippen molar-refractivity contribution in [2.75, 3.05) is 40.0 Å². The molecular formula is C14H23BrN2O3. The fourth-order valence-electron chi connectivity index (χ4n) is 1.80. The van der Waals surface area contributed by atoms with Crippen molar-refractivity contribution < 1.29 is 14.6 Å². The van der Waals surface area contributed by atoms with Crippen LogP contribution in [0.3, 0.4) is 0 Å². The molecule has 6 heteroatoms. The van der Waals surface area contributed by atoms with E-state index in [0.717, 1.165) is 41.2 Å². The Morgan fingerprint density at radius 1 is 1.20 bits per heavy atom. The smallest absolute Gasteiger partial charge is 0.174 e. The topological polar surface area (TPSA) is 62.8 Å². The summed E-state index contributed by atoms with van der Waals surface area (Å²) >= 11 is 3.50. The van der Waals surface area contributed by atoms with Gasteiger partial charge in [-0.2, -0.15) is 0 Å². The van der Waals surface area contributed by atoms with Gasteiger partial charge in [0.05, 0.1) is 24.8 Å². The van der Waals surface area contributed by atoms with Gasteiger partial charge in [-0.05, 0) is 40.5 Å². The first-order chi connectivity index (χ1) is 9.72. The van der Waals surface area contributed by atoms with Gasteiger partial charge in [0.15, 0.2) is 11.5 Å². The predicted molar refractivity (Wildman–Crippen MR) is 83.5 cm³/mol. The summed E-state index contributed by atoms with van der Waals surface area (Å²) in [4.78, 5) is 0. The van der Waals surface area contributed by atoms with Crippen molar-refractivity contribution in [3.05, 3.63) is 22.2 Å². The van der Waals surface area contributed by atoms with Crippen LogP contribution in [0.4, 0.5) is 0 Å². The number of aliphatic hydroxyl groups excluding tert-OH is 1. The van der Waals surface area contributed by atoms with E-state index in [-0.39, 0.29) is 6.61 Å². The first-order valence-electron chi connectivity index (χ1n) is 6.74. The van der Waals surface area contributed by atoms with E-state index in [4.69, 9.17) is 14.6 Å². The number of benzene rings is 1. The highest BCUT2D eigenvalue weighted by Gasteiger charge is 2.10. The number of rotatable bonds is 10. The lowest BCUT2D eigenvalue weighted by Crippen LogP contribution is -2.28. The highest BCUT2D eigenvalue weighted by Crippen LogP contribution is 2.36. The third kappa shape index (κ3) is 5.66. The zero-order chi connectivity index (χ0) is 14.8. The molecule has 0 radical (unpaired) electrons. The summed E-state index contributed by atoms with van der Waals surface area (Å²) in [5.74, 6) is 1.47. The van der Waals surface area contributed by atoms with E-state index in [1.807, 2.05) is 19.1 Å². The van der Waals surface area contributed by atoms with Gasteiger partial charge in [-0.3, -0.25) is 0 Å². The molecule has 3 N–H and O–H groups in total. The van der Waals surface area contributed by atoms with E-state index in [1.165, 1.54) is 0 Å². The quantitative estimate of drug-likeness (QED) is 0.561. The molecule has 1 aromatic carbocycles. The molecule has 114 valence electrons. The maximum absolute atomic E-state index is 8.65. The minimum absolute atomic E-state index is 0.170. The molecule has 0 aliphatic carbocycles. The molecule has 0 saturated heterocycles. The third-order valence-corrected chi connectivity index (χ3v) is 3.26. The first kappa shape index (κ1) is 17.2. The fraction of sp³-hybridized carbons (Fsp3) is 0.571. The van der Waals surface area contributed by atoms with Crippen LogP contribution < -0.4 is 20.1 Å². The van der Waals surface area contributed by atoms with Gasteiger partial charge in [0.1, 0.15) is 0 Å². The molecular weight excluding hydrogens is 324 g/mol. The van der Waals surface area contributed by atoms with Crippen LogP contribution in [0.25, 0.3) is 0 Å². The fourth-order valence-corrected chi connectivity index (χ4v) is 2.45. The maximum Gasteiger partial charge on any atom is 0.174 e. The molecule has 0 aliphatic rings. The summed E-state index contributed by atoms with van der Waals surface area (Å²) in [7, 11) is 1.63. The van der Waals surface area contributed by atoms with Gasteiger partial charge >= 0.3 is 0 Å². The van der Waals surface area contributed by atoms with Crippen molar-refractivity contribution in [3.8, 4) is 11.5 Å². The number of hydrogen-bond donors (Lipinski definition) is 3. The standard InChI is InChI=1S/C14H23BrN2O3/c1-3-20-13-9-11(8-12(15)14(13)19-2)10-17-5-4-16-6-7-18/h8-9,16-18H,3-7,10H2,1-2H3. The Balaban J connectivity index is 2.53. The molecule has 0 bridgehead atoms. The number of halogens is 1. The Kier molecular flexibility index (Phi) is 8.60. The van der Waals surface area contributed by atoms with Crippen LogP contribution in [0.1, 0.15) is 12.5 Å². The van der Waals surface area contributed by atoms with Crippen molar-refractivity contribution in [3.63, 3.8) is 0 Å². The Labute approximate surface area is 128 Å². The van der Waals surface area contributed by atoms with Crippen LogP contribution in [-0.2, 0) is 6.54 Å². The van der Waals surface area contributed by atoms with Gasteiger partial charge in [0.2, 0.25) is 0 Å². The highest BCUT2D eigenvalue weighted by molar-refractivity contribution is 9.10. The molecule has 0 spiro atoms. The molecule has 1 aromatic rings. The molecule has 0 aliphatic heterocycles. The van der Waals surface area contributed by atoms with E-state index in [9.17, 15) is 0 Å². The SMILES string of the molecule is CCOc1cc(CNCCNCCO)cc(Br)c1OC. The summed E-state index contributed by atoms with van der Waals surface area (Å²) in [6.45, 7) is 5.77. The lowest BCUT2D eigenvalue weighted by molar-refractivity contribution is 0.292. The van der Waals surface area contributed by atoms with Gasteiger partial charge in [-0.1, -0.05) is 0 Å². The molecule has 0 aromatic heterocycles. The largest absolute Gasteiger partial charge is 0.492 e. The van der Waals surface area contributed by atoms with Crippen molar-refractivity contribution >= 4 is 15.9 Å². The number of nitrogens with one attached hydrogen (secondary N) is 2. The second-order valence-electron chi connectivity index (χ2n) is 4.19. The van der Waals surface area contributed by atoms with Gasteiger partial charge in [0.25, 0.3) is 0 Å². The minimum Gasteiger partial charge on any atom is -0.492 e. The number of hydrogen-bond acceptors (Lipinski definition) is 5. The molecule has 20 heavy (non-hydrogen) atoms. The average Bonchev–Trinajstić information content (AvgIpc) is 2.43. The van der Waals surface area contributed by atoms with E-state index >= 15 is 0 Å². The molecule has 0 heterocycles. The Hall–Kier alpha value is -0.820. The van der Waals surface area contributed by atoms with Crippen LogP contribution in [0.15, 0.2) is 16.6 Å². The van der Waals surface area contributed by atoms with Crippen LogP contribution >= 0.6 is 15.9 Å². The number of methoxy groups -OCH3 is 1. The molecule has 5 nitrogen and oxygen atoms in total. The normalized spacial score (nSPS) is 10.6. The molecule has 0 unspecified atom stereocenters. The van der Waals surface area contributed by atoms with Crippen molar-refractivity contribution in [1.29, 1.82) is 0 Å². The molecule has 0 amide bonds. The Morgan fingerprint density at radius 2 is 1.95 bits per heavy atom. The maximum atomic E-state index is 8.65. The van der Waals surface area contributed by atoms with E-state index < -0.39 is 0 Å². The van der Waals surface area contributed by atoms with Gasteiger partial charge in [-0.25, -0.2) is 0 Å². The zero-order valence-corrected chi connectivity index (χ0v) is 13.6. The van der Waals surface area contributed by atoms with Crippen LogP contribution in [0.2, 0.25) is 0 Å². The van der Waals surface area contributed by atoms with E-state index in [2.05, 4.69) is 26.6 Å². The molecule has 0 fully saturated rings. The number of ether oxygens (including phenoxy) is 2. The lowest BCUT2D eigenvalue weighted by atomic mass is 10.2. The predicted octanol–water partition coefficient (Wildman–Crippen LogP) is 1.53. The van der Waals surface area contributed by atoms with Crippen molar-refractivity contribution in [2.45, 2.75) is 13.5 Å². The first-order valence-corrected chi connectivity index (χ1v) is 7.53. The van der Waals surface area contributed by atoms with Gasteiger partial charge in [0, 0.05) is 26.2 Å². The molecule has 1 rings (SSSR count). The number of aliphatic hydroxyl groups is 1. The van der Waals surface area contributed by atoms with Crippen molar-refractivity contribution in [1.82, 2.24) is 10.6 Å². The highest BCUT2D eigenvalue weighted by atomic mass is 79.9. The Morgan fingerprint density at radius 3 is 2.60 bits per heavy atom. The summed E-state index contributed by atoms with van der Waals surface area (Å²) < 4.78 is 11.8. The second kappa shape index (κ2) is 9.99. The van der Waals surface area contributed by atoms with E-state index in [1.54, 1.807) is 7.11 Å². The average molecular weight is 347 g/mol. The zero-order valence-electron chi connectivity index (χ0n) is 12.0. The van der Waals surface area contributed by atoms with Crippen LogP contribution in [0.5, 0.6) is 11.5 Å². The summed E-state index contributed by atoms with van der Waals surface area (Å²) in [6.07, 6.45) is 0. The second-order valence-corrected chi connectivity index (χ2v) is 5.05. The molecule has 0 saturated carbocycles. The molecule has 0 atom stereocenters. The van der Waals surface area contributed by atoms with Gasteiger partial charge < -0.3 is 25.2 Å². The summed E-state index contributed by atoms with van der Waals surface area (Å²) in [5.41, 5.74) is 1.13. The monoisotopic (exact) mass is 346 g/mol. The van der Waals surface area contributed by atoms with Gasteiger partial charge in [-0.15, -0.1) is 0 Å². The summed E-state index contributed by atoms with van der Waals surface area (Å²) in [5, 5.41) is 15.1.